The predicted molar refractivity (Wildman–Crippen MR) is 78.5 cm³/mol. The van der Waals surface area contributed by atoms with Crippen molar-refractivity contribution < 1.29 is 4.74 Å². The van der Waals surface area contributed by atoms with E-state index in [1.807, 2.05) is 12.1 Å². The van der Waals surface area contributed by atoms with Crippen molar-refractivity contribution in [1.82, 2.24) is 0 Å². The Morgan fingerprint density at radius 3 is 2.58 bits per heavy atom. The normalized spacial score (nSPS) is 13.3. The standard InChI is InChI=1S/C17H19NO/c18-16-7-4-13(5-8-16)10-11-19-17-9-6-14-2-1-3-15(14)12-17/h4-9,12H,1-3,10-11,18H2. The zero-order valence-corrected chi connectivity index (χ0v) is 11.1. The lowest BCUT2D eigenvalue weighted by atomic mass is 10.1. The highest BCUT2D eigenvalue weighted by molar-refractivity contribution is 5.40. The van der Waals surface area contributed by atoms with Crippen molar-refractivity contribution in [2.75, 3.05) is 12.3 Å². The predicted octanol–water partition coefficient (Wildman–Crippen LogP) is 3.38. The Kier molecular flexibility index (Phi) is 3.41. The van der Waals surface area contributed by atoms with Crippen LogP contribution in [-0.4, -0.2) is 6.61 Å². The molecule has 0 saturated heterocycles. The lowest BCUT2D eigenvalue weighted by Gasteiger charge is -2.08. The van der Waals surface area contributed by atoms with Crippen LogP contribution >= 0.6 is 0 Å². The molecule has 0 fully saturated rings. The van der Waals surface area contributed by atoms with Gasteiger partial charge in [0.05, 0.1) is 6.61 Å². The molecule has 0 heterocycles. The first-order valence-electron chi connectivity index (χ1n) is 6.90. The number of nitrogens with two attached hydrogens (primary N) is 1. The minimum absolute atomic E-state index is 0.711. The Morgan fingerprint density at radius 1 is 0.947 bits per heavy atom. The van der Waals surface area contributed by atoms with E-state index in [1.165, 1.54) is 36.0 Å². The van der Waals surface area contributed by atoms with E-state index in [-0.39, 0.29) is 0 Å². The quantitative estimate of drug-likeness (QED) is 0.848. The second kappa shape index (κ2) is 5.35. The molecule has 0 radical (unpaired) electrons. The van der Waals surface area contributed by atoms with Crippen LogP contribution in [0.4, 0.5) is 5.69 Å². The highest BCUT2D eigenvalue weighted by atomic mass is 16.5. The van der Waals surface area contributed by atoms with Crippen molar-refractivity contribution in [1.29, 1.82) is 0 Å². The summed E-state index contributed by atoms with van der Waals surface area (Å²) in [5, 5.41) is 0. The van der Waals surface area contributed by atoms with Crippen LogP contribution in [0.2, 0.25) is 0 Å². The van der Waals surface area contributed by atoms with Gasteiger partial charge in [0.1, 0.15) is 5.75 Å². The van der Waals surface area contributed by atoms with Crippen LogP contribution in [0, 0.1) is 0 Å². The number of fused-ring (bicyclic) bond motifs is 1. The Balaban J connectivity index is 1.56. The third-order valence-corrected chi connectivity index (χ3v) is 3.71. The zero-order chi connectivity index (χ0) is 13.1. The Labute approximate surface area is 114 Å². The summed E-state index contributed by atoms with van der Waals surface area (Å²) in [7, 11) is 0. The number of hydrogen-bond acceptors (Lipinski definition) is 2. The lowest BCUT2D eigenvalue weighted by molar-refractivity contribution is 0.321. The first kappa shape index (κ1) is 12.1. The molecule has 2 heteroatoms. The molecule has 0 aliphatic heterocycles. The Bertz CT molecular complexity index is 560. The molecule has 1 aliphatic carbocycles. The monoisotopic (exact) mass is 253 g/mol. The summed E-state index contributed by atoms with van der Waals surface area (Å²) in [6.45, 7) is 0.711. The summed E-state index contributed by atoms with van der Waals surface area (Å²) in [4.78, 5) is 0. The van der Waals surface area contributed by atoms with Gasteiger partial charge in [-0.1, -0.05) is 18.2 Å². The van der Waals surface area contributed by atoms with E-state index in [0.717, 1.165) is 17.9 Å². The number of aryl methyl sites for hydroxylation is 2. The first-order valence-corrected chi connectivity index (χ1v) is 6.90. The van der Waals surface area contributed by atoms with Gasteiger partial charge >= 0.3 is 0 Å². The van der Waals surface area contributed by atoms with Gasteiger partial charge in [0, 0.05) is 12.1 Å². The minimum Gasteiger partial charge on any atom is -0.493 e. The molecule has 0 saturated carbocycles. The van der Waals surface area contributed by atoms with E-state index in [0.29, 0.717) is 6.61 Å². The number of rotatable bonds is 4. The van der Waals surface area contributed by atoms with E-state index in [4.69, 9.17) is 10.5 Å². The van der Waals surface area contributed by atoms with Gasteiger partial charge in [0.2, 0.25) is 0 Å². The molecular weight excluding hydrogens is 234 g/mol. The van der Waals surface area contributed by atoms with E-state index >= 15 is 0 Å². The van der Waals surface area contributed by atoms with Gasteiger partial charge in [-0.25, -0.2) is 0 Å². The maximum Gasteiger partial charge on any atom is 0.119 e. The molecule has 2 aromatic carbocycles. The molecule has 0 aromatic heterocycles. The van der Waals surface area contributed by atoms with E-state index in [2.05, 4.69) is 30.3 Å². The Hall–Kier alpha value is -1.96. The SMILES string of the molecule is Nc1ccc(CCOc2ccc3c(c2)CCC3)cc1. The van der Waals surface area contributed by atoms with Crippen molar-refractivity contribution >= 4 is 5.69 Å². The lowest BCUT2D eigenvalue weighted by Crippen LogP contribution is -2.02. The third-order valence-electron chi connectivity index (χ3n) is 3.71. The highest BCUT2D eigenvalue weighted by Gasteiger charge is 2.10. The smallest absolute Gasteiger partial charge is 0.119 e. The summed E-state index contributed by atoms with van der Waals surface area (Å²) in [6, 6.07) is 14.5. The largest absolute Gasteiger partial charge is 0.493 e. The molecule has 0 amide bonds. The first-order chi connectivity index (χ1) is 9.31. The number of anilines is 1. The average Bonchev–Trinajstić information content (AvgIpc) is 2.88. The van der Waals surface area contributed by atoms with Gasteiger partial charge in [-0.3, -0.25) is 0 Å². The molecule has 2 nitrogen and oxygen atoms in total. The minimum atomic E-state index is 0.711. The summed E-state index contributed by atoms with van der Waals surface area (Å²) < 4.78 is 5.83. The number of nitrogen functional groups attached to an aromatic ring is 1. The van der Waals surface area contributed by atoms with Gasteiger partial charge < -0.3 is 10.5 Å². The highest BCUT2D eigenvalue weighted by Crippen LogP contribution is 2.26. The van der Waals surface area contributed by atoms with Crippen molar-refractivity contribution in [2.45, 2.75) is 25.7 Å². The molecule has 0 atom stereocenters. The van der Waals surface area contributed by atoms with Gasteiger partial charge in [0.25, 0.3) is 0 Å². The van der Waals surface area contributed by atoms with E-state index < -0.39 is 0 Å². The van der Waals surface area contributed by atoms with Crippen LogP contribution in [0.5, 0.6) is 5.75 Å². The third kappa shape index (κ3) is 2.90. The van der Waals surface area contributed by atoms with Crippen LogP contribution < -0.4 is 10.5 Å². The average molecular weight is 253 g/mol. The summed E-state index contributed by atoms with van der Waals surface area (Å²) in [6.07, 6.45) is 4.62. The summed E-state index contributed by atoms with van der Waals surface area (Å²) in [5.74, 6) is 0.996. The molecule has 0 spiro atoms. The van der Waals surface area contributed by atoms with E-state index in [9.17, 15) is 0 Å². The van der Waals surface area contributed by atoms with Crippen LogP contribution in [-0.2, 0) is 19.3 Å². The number of ether oxygens (including phenoxy) is 1. The van der Waals surface area contributed by atoms with Gasteiger partial charge in [-0.2, -0.15) is 0 Å². The molecular formula is C17H19NO. The molecule has 3 rings (SSSR count). The van der Waals surface area contributed by atoms with Crippen molar-refractivity contribution in [3.05, 3.63) is 59.2 Å². The van der Waals surface area contributed by atoms with Crippen molar-refractivity contribution in [3.63, 3.8) is 0 Å². The van der Waals surface area contributed by atoms with Gasteiger partial charge in [-0.15, -0.1) is 0 Å². The van der Waals surface area contributed by atoms with Crippen LogP contribution in [0.3, 0.4) is 0 Å². The molecule has 2 N–H and O–H groups in total. The molecule has 98 valence electrons. The zero-order valence-electron chi connectivity index (χ0n) is 11.1. The van der Waals surface area contributed by atoms with E-state index in [1.54, 1.807) is 0 Å². The van der Waals surface area contributed by atoms with Crippen molar-refractivity contribution in [2.24, 2.45) is 0 Å². The second-order valence-corrected chi connectivity index (χ2v) is 5.12. The fraction of sp³-hybridized carbons (Fsp3) is 0.294. The number of benzene rings is 2. The topological polar surface area (TPSA) is 35.2 Å². The van der Waals surface area contributed by atoms with Gasteiger partial charge in [0.15, 0.2) is 0 Å². The molecule has 1 aliphatic rings. The Morgan fingerprint density at radius 2 is 1.74 bits per heavy atom. The van der Waals surface area contributed by atoms with Crippen LogP contribution in [0.15, 0.2) is 42.5 Å². The number of hydrogen-bond donors (Lipinski definition) is 1. The maximum absolute atomic E-state index is 5.83. The second-order valence-electron chi connectivity index (χ2n) is 5.12. The molecule has 0 bridgehead atoms. The van der Waals surface area contributed by atoms with Crippen LogP contribution in [0.25, 0.3) is 0 Å². The fourth-order valence-corrected chi connectivity index (χ4v) is 2.61. The van der Waals surface area contributed by atoms with Gasteiger partial charge in [-0.05, 0) is 60.2 Å². The summed E-state index contributed by atoms with van der Waals surface area (Å²) in [5.41, 5.74) is 10.7. The fourth-order valence-electron chi connectivity index (χ4n) is 2.61. The van der Waals surface area contributed by atoms with Crippen LogP contribution in [0.1, 0.15) is 23.1 Å². The summed E-state index contributed by atoms with van der Waals surface area (Å²) >= 11 is 0. The molecule has 19 heavy (non-hydrogen) atoms. The maximum atomic E-state index is 5.83. The molecule has 0 unspecified atom stereocenters. The molecule has 2 aromatic rings. The van der Waals surface area contributed by atoms with Crippen molar-refractivity contribution in [3.8, 4) is 5.75 Å².